The molecule has 0 radical (unpaired) electrons. The molecule has 0 fully saturated rings. The molecular formula is C12H18N2O2. The van der Waals surface area contributed by atoms with Crippen molar-refractivity contribution < 1.29 is 9.53 Å². The fraction of sp³-hybridized carbons (Fsp3) is 0.417. The van der Waals surface area contributed by atoms with Crippen LogP contribution in [0.4, 0.5) is 0 Å². The summed E-state index contributed by atoms with van der Waals surface area (Å²) in [5.41, 5.74) is 6.31. The summed E-state index contributed by atoms with van der Waals surface area (Å²) in [4.78, 5) is 10.8. The van der Waals surface area contributed by atoms with Gasteiger partial charge < -0.3 is 15.8 Å². The van der Waals surface area contributed by atoms with E-state index in [2.05, 4.69) is 5.32 Å². The van der Waals surface area contributed by atoms with Gasteiger partial charge in [0.1, 0.15) is 5.75 Å². The van der Waals surface area contributed by atoms with Gasteiger partial charge in [0.15, 0.2) is 0 Å². The average Bonchev–Trinajstić information content (AvgIpc) is 2.29. The molecule has 0 bridgehead atoms. The number of carbonyl (C=O) groups is 1. The van der Waals surface area contributed by atoms with Crippen molar-refractivity contribution >= 4 is 5.91 Å². The third kappa shape index (κ3) is 3.90. The molecule has 4 heteroatoms. The Balaban J connectivity index is 2.39. The maximum absolute atomic E-state index is 10.8. The lowest BCUT2D eigenvalue weighted by Gasteiger charge is -2.10. The Morgan fingerprint density at radius 3 is 2.94 bits per heavy atom. The van der Waals surface area contributed by atoms with E-state index in [1.165, 1.54) is 5.56 Å². The van der Waals surface area contributed by atoms with E-state index in [4.69, 9.17) is 10.5 Å². The van der Waals surface area contributed by atoms with Gasteiger partial charge in [-0.3, -0.25) is 4.79 Å². The van der Waals surface area contributed by atoms with E-state index >= 15 is 0 Å². The smallest absolute Gasteiger partial charge is 0.234 e. The lowest BCUT2D eigenvalue weighted by atomic mass is 10.1. The van der Waals surface area contributed by atoms with Gasteiger partial charge in [0, 0.05) is 0 Å². The Labute approximate surface area is 95.8 Å². The molecule has 0 aromatic heterocycles. The van der Waals surface area contributed by atoms with Crippen LogP contribution in [0.1, 0.15) is 12.5 Å². The number of primary amides is 1. The van der Waals surface area contributed by atoms with Crippen LogP contribution in [0.25, 0.3) is 0 Å². The van der Waals surface area contributed by atoms with Gasteiger partial charge in [0.2, 0.25) is 5.91 Å². The fourth-order valence-electron chi connectivity index (χ4n) is 1.36. The summed E-state index contributed by atoms with van der Waals surface area (Å²) >= 11 is 0. The number of amides is 1. The molecule has 0 aliphatic rings. The maximum Gasteiger partial charge on any atom is 0.234 e. The second kappa shape index (κ2) is 6.12. The molecule has 1 atom stereocenters. The van der Waals surface area contributed by atoms with E-state index in [1.807, 2.05) is 24.3 Å². The van der Waals surface area contributed by atoms with Crippen LogP contribution in [0.5, 0.6) is 5.75 Å². The van der Waals surface area contributed by atoms with Crippen LogP contribution in [0.3, 0.4) is 0 Å². The number of nitrogens with one attached hydrogen (secondary N) is 1. The van der Waals surface area contributed by atoms with Crippen LogP contribution in [0.15, 0.2) is 24.3 Å². The molecule has 0 saturated carbocycles. The highest BCUT2D eigenvalue weighted by Gasteiger charge is 2.06. The lowest BCUT2D eigenvalue weighted by Crippen LogP contribution is -2.39. The molecule has 1 amide bonds. The number of carbonyl (C=O) groups excluding carboxylic acids is 1. The van der Waals surface area contributed by atoms with Crippen LogP contribution < -0.4 is 15.8 Å². The maximum atomic E-state index is 10.8. The van der Waals surface area contributed by atoms with Gasteiger partial charge in [0.05, 0.1) is 13.2 Å². The van der Waals surface area contributed by atoms with Crippen LogP contribution in [-0.2, 0) is 11.2 Å². The third-order valence-electron chi connectivity index (χ3n) is 2.43. The highest BCUT2D eigenvalue weighted by molar-refractivity contribution is 5.79. The fourth-order valence-corrected chi connectivity index (χ4v) is 1.36. The Bertz CT molecular complexity index is 353. The Kier molecular flexibility index (Phi) is 4.79. The second-order valence-electron chi connectivity index (χ2n) is 3.68. The third-order valence-corrected chi connectivity index (χ3v) is 2.43. The van der Waals surface area contributed by atoms with Crippen molar-refractivity contribution in [1.82, 2.24) is 5.32 Å². The van der Waals surface area contributed by atoms with Crippen molar-refractivity contribution in [1.29, 1.82) is 0 Å². The molecule has 1 aromatic rings. The number of rotatable bonds is 6. The van der Waals surface area contributed by atoms with Gasteiger partial charge in [-0.1, -0.05) is 12.1 Å². The summed E-state index contributed by atoms with van der Waals surface area (Å²) in [6, 6.07) is 7.58. The van der Waals surface area contributed by atoms with E-state index in [0.29, 0.717) is 0 Å². The number of hydrogen-bond acceptors (Lipinski definition) is 3. The van der Waals surface area contributed by atoms with Crippen LogP contribution in [-0.4, -0.2) is 25.6 Å². The molecule has 0 aliphatic carbocycles. The summed E-state index contributed by atoms with van der Waals surface area (Å²) in [6.07, 6.45) is 0.842. The zero-order chi connectivity index (χ0) is 12.0. The molecule has 0 saturated heterocycles. The number of methoxy groups -OCH3 is 1. The van der Waals surface area contributed by atoms with Crippen molar-refractivity contribution in [3.63, 3.8) is 0 Å². The first kappa shape index (κ1) is 12.5. The number of nitrogens with two attached hydrogens (primary N) is 1. The van der Waals surface area contributed by atoms with Crippen molar-refractivity contribution in [3.8, 4) is 5.75 Å². The van der Waals surface area contributed by atoms with E-state index in [-0.39, 0.29) is 11.9 Å². The minimum Gasteiger partial charge on any atom is -0.497 e. The van der Waals surface area contributed by atoms with Crippen molar-refractivity contribution in [2.24, 2.45) is 5.73 Å². The zero-order valence-electron chi connectivity index (χ0n) is 9.69. The molecular weight excluding hydrogens is 204 g/mol. The largest absolute Gasteiger partial charge is 0.497 e. The first-order valence-electron chi connectivity index (χ1n) is 5.29. The number of ether oxygens (including phenoxy) is 1. The summed E-state index contributed by atoms with van der Waals surface area (Å²) < 4.78 is 5.13. The first-order valence-corrected chi connectivity index (χ1v) is 5.29. The molecule has 1 rings (SSSR count). The summed E-state index contributed by atoms with van der Waals surface area (Å²) in [7, 11) is 1.65. The van der Waals surface area contributed by atoms with Crippen molar-refractivity contribution in [3.05, 3.63) is 29.8 Å². The van der Waals surface area contributed by atoms with Gasteiger partial charge in [-0.15, -0.1) is 0 Å². The predicted molar refractivity (Wildman–Crippen MR) is 63.4 cm³/mol. The normalized spacial score (nSPS) is 12.1. The molecule has 0 aliphatic heterocycles. The van der Waals surface area contributed by atoms with Crippen LogP contribution in [0, 0.1) is 0 Å². The molecule has 1 unspecified atom stereocenters. The van der Waals surface area contributed by atoms with E-state index in [0.717, 1.165) is 18.7 Å². The molecule has 4 nitrogen and oxygen atoms in total. The highest BCUT2D eigenvalue weighted by atomic mass is 16.5. The molecule has 16 heavy (non-hydrogen) atoms. The first-order chi connectivity index (χ1) is 7.63. The minimum absolute atomic E-state index is 0.286. The van der Waals surface area contributed by atoms with E-state index in [9.17, 15) is 4.79 Å². The predicted octanol–water partition coefficient (Wildman–Crippen LogP) is 0.701. The Morgan fingerprint density at radius 2 is 2.31 bits per heavy atom. The second-order valence-corrected chi connectivity index (χ2v) is 3.68. The van der Waals surface area contributed by atoms with Crippen molar-refractivity contribution in [2.75, 3.05) is 13.7 Å². The van der Waals surface area contributed by atoms with Crippen LogP contribution in [0.2, 0.25) is 0 Å². The molecule has 0 heterocycles. The number of hydrogen-bond donors (Lipinski definition) is 2. The quantitative estimate of drug-likeness (QED) is 0.744. The summed E-state index contributed by atoms with van der Waals surface area (Å²) in [5.74, 6) is 0.520. The van der Waals surface area contributed by atoms with Crippen molar-refractivity contribution in [2.45, 2.75) is 19.4 Å². The standard InChI is InChI=1S/C12H18N2O2/c1-9(12(13)15)14-7-6-10-4-3-5-11(8-10)16-2/h3-5,8-9,14H,6-7H2,1-2H3,(H2,13,15). The summed E-state index contributed by atoms with van der Waals surface area (Å²) in [6.45, 7) is 2.48. The number of benzene rings is 1. The van der Waals surface area contributed by atoms with Gasteiger partial charge in [-0.25, -0.2) is 0 Å². The average molecular weight is 222 g/mol. The Hall–Kier alpha value is -1.55. The highest BCUT2D eigenvalue weighted by Crippen LogP contribution is 2.12. The molecule has 0 spiro atoms. The molecule has 88 valence electrons. The minimum atomic E-state index is -0.328. The van der Waals surface area contributed by atoms with Gasteiger partial charge in [-0.2, -0.15) is 0 Å². The lowest BCUT2D eigenvalue weighted by molar-refractivity contribution is -0.119. The molecule has 1 aromatic carbocycles. The SMILES string of the molecule is COc1cccc(CCNC(C)C(N)=O)c1. The van der Waals surface area contributed by atoms with Gasteiger partial charge in [-0.05, 0) is 37.6 Å². The van der Waals surface area contributed by atoms with Gasteiger partial charge in [0.25, 0.3) is 0 Å². The summed E-state index contributed by atoms with van der Waals surface area (Å²) in [5, 5.41) is 3.05. The van der Waals surface area contributed by atoms with Crippen LogP contribution >= 0.6 is 0 Å². The van der Waals surface area contributed by atoms with Gasteiger partial charge >= 0.3 is 0 Å². The van der Waals surface area contributed by atoms with E-state index in [1.54, 1.807) is 14.0 Å². The molecule has 3 N–H and O–H groups in total. The monoisotopic (exact) mass is 222 g/mol. The zero-order valence-corrected chi connectivity index (χ0v) is 9.69. The van der Waals surface area contributed by atoms with E-state index < -0.39 is 0 Å². The topological polar surface area (TPSA) is 64.3 Å². The Morgan fingerprint density at radius 1 is 1.56 bits per heavy atom.